The predicted octanol–water partition coefficient (Wildman–Crippen LogP) is 2.87. The van der Waals surface area contributed by atoms with Crippen LogP contribution in [0.25, 0.3) is 10.9 Å². The maximum atomic E-state index is 6.25. The summed E-state index contributed by atoms with van der Waals surface area (Å²) in [5.74, 6) is 0. The van der Waals surface area contributed by atoms with Crippen LogP contribution in [0.1, 0.15) is 11.3 Å². The lowest BCUT2D eigenvalue weighted by atomic mass is 10.2. The summed E-state index contributed by atoms with van der Waals surface area (Å²) in [6, 6.07) is 6.31. The van der Waals surface area contributed by atoms with Gasteiger partial charge in [-0.05, 0) is 37.6 Å². The Morgan fingerprint density at radius 3 is 2.67 bits per heavy atom. The van der Waals surface area contributed by atoms with Crippen molar-refractivity contribution in [1.82, 2.24) is 4.57 Å². The third kappa shape index (κ3) is 1.75. The second-order valence-corrected chi connectivity index (χ2v) is 4.32. The zero-order valence-electron chi connectivity index (χ0n) is 9.05. The van der Waals surface area contributed by atoms with E-state index in [2.05, 4.69) is 30.5 Å². The highest BCUT2D eigenvalue weighted by atomic mass is 35.5. The average molecular weight is 223 g/mol. The van der Waals surface area contributed by atoms with E-state index in [9.17, 15) is 0 Å². The first-order valence-corrected chi connectivity index (χ1v) is 5.47. The standard InChI is InChI=1S/C12H15ClN2/c1-8-5-10-7-9(2)15(4-3-14)12(10)11(13)6-8/h5-7H,3-4,14H2,1-2H3. The molecule has 0 amide bonds. The summed E-state index contributed by atoms with van der Waals surface area (Å²) in [5.41, 5.74) is 9.10. The number of hydrogen-bond acceptors (Lipinski definition) is 1. The van der Waals surface area contributed by atoms with Crippen LogP contribution in [-0.2, 0) is 6.54 Å². The van der Waals surface area contributed by atoms with Gasteiger partial charge >= 0.3 is 0 Å². The minimum absolute atomic E-state index is 0.634. The van der Waals surface area contributed by atoms with Crippen molar-refractivity contribution in [2.24, 2.45) is 5.73 Å². The first-order valence-electron chi connectivity index (χ1n) is 5.09. The summed E-state index contributed by atoms with van der Waals surface area (Å²) < 4.78 is 2.18. The van der Waals surface area contributed by atoms with Crippen molar-refractivity contribution in [2.75, 3.05) is 6.54 Å². The van der Waals surface area contributed by atoms with E-state index in [0.29, 0.717) is 6.54 Å². The van der Waals surface area contributed by atoms with E-state index in [1.165, 1.54) is 16.6 Å². The molecule has 2 rings (SSSR count). The highest BCUT2D eigenvalue weighted by Gasteiger charge is 2.08. The maximum Gasteiger partial charge on any atom is 0.0672 e. The van der Waals surface area contributed by atoms with E-state index in [-0.39, 0.29) is 0 Å². The van der Waals surface area contributed by atoms with Gasteiger partial charge in [0.1, 0.15) is 0 Å². The molecule has 0 unspecified atom stereocenters. The van der Waals surface area contributed by atoms with Crippen LogP contribution in [0.5, 0.6) is 0 Å². The van der Waals surface area contributed by atoms with Crippen molar-refractivity contribution >= 4 is 22.5 Å². The number of aryl methyl sites for hydroxylation is 2. The normalized spacial score (nSPS) is 11.2. The van der Waals surface area contributed by atoms with Crippen molar-refractivity contribution in [3.8, 4) is 0 Å². The monoisotopic (exact) mass is 222 g/mol. The van der Waals surface area contributed by atoms with Crippen molar-refractivity contribution in [3.63, 3.8) is 0 Å². The van der Waals surface area contributed by atoms with Crippen LogP contribution in [0.15, 0.2) is 18.2 Å². The van der Waals surface area contributed by atoms with Gasteiger partial charge in [0.15, 0.2) is 0 Å². The molecular weight excluding hydrogens is 208 g/mol. The number of fused-ring (bicyclic) bond motifs is 1. The maximum absolute atomic E-state index is 6.25. The second-order valence-electron chi connectivity index (χ2n) is 3.91. The molecule has 0 bridgehead atoms. The number of nitrogens with two attached hydrogens (primary N) is 1. The molecule has 0 atom stereocenters. The van der Waals surface area contributed by atoms with Crippen molar-refractivity contribution < 1.29 is 0 Å². The molecule has 0 aliphatic carbocycles. The summed E-state index contributed by atoms with van der Waals surface area (Å²) in [7, 11) is 0. The molecule has 0 saturated carbocycles. The van der Waals surface area contributed by atoms with Gasteiger partial charge in [-0.15, -0.1) is 0 Å². The Morgan fingerprint density at radius 2 is 2.00 bits per heavy atom. The third-order valence-electron chi connectivity index (χ3n) is 2.65. The number of rotatable bonds is 2. The minimum Gasteiger partial charge on any atom is -0.342 e. The fraction of sp³-hybridized carbons (Fsp3) is 0.333. The Labute approximate surface area is 94.6 Å². The van der Waals surface area contributed by atoms with Crippen LogP contribution in [0.3, 0.4) is 0 Å². The summed E-state index contributed by atoms with van der Waals surface area (Å²) in [6.07, 6.45) is 0. The van der Waals surface area contributed by atoms with E-state index < -0.39 is 0 Å². The summed E-state index contributed by atoms with van der Waals surface area (Å²) in [4.78, 5) is 0. The Morgan fingerprint density at radius 1 is 1.27 bits per heavy atom. The molecule has 0 spiro atoms. The van der Waals surface area contributed by atoms with E-state index in [4.69, 9.17) is 17.3 Å². The molecule has 0 saturated heterocycles. The Kier molecular flexibility index (Phi) is 2.72. The molecule has 2 nitrogen and oxygen atoms in total. The van der Waals surface area contributed by atoms with Crippen LogP contribution in [-0.4, -0.2) is 11.1 Å². The number of benzene rings is 1. The number of hydrogen-bond donors (Lipinski definition) is 1. The van der Waals surface area contributed by atoms with Gasteiger partial charge in [0.05, 0.1) is 10.5 Å². The van der Waals surface area contributed by atoms with E-state index in [1.807, 2.05) is 6.07 Å². The Hall–Kier alpha value is -0.990. The lowest BCUT2D eigenvalue weighted by Gasteiger charge is -2.07. The molecule has 0 radical (unpaired) electrons. The highest BCUT2D eigenvalue weighted by molar-refractivity contribution is 6.35. The third-order valence-corrected chi connectivity index (χ3v) is 2.94. The first kappa shape index (κ1) is 10.5. The van der Waals surface area contributed by atoms with Gasteiger partial charge < -0.3 is 10.3 Å². The van der Waals surface area contributed by atoms with Gasteiger partial charge in [-0.25, -0.2) is 0 Å². The van der Waals surface area contributed by atoms with Gasteiger partial charge in [-0.2, -0.15) is 0 Å². The number of nitrogens with zero attached hydrogens (tertiary/aromatic N) is 1. The zero-order valence-corrected chi connectivity index (χ0v) is 9.80. The topological polar surface area (TPSA) is 30.9 Å². The summed E-state index contributed by atoms with van der Waals surface area (Å²) in [6.45, 7) is 5.59. The highest BCUT2D eigenvalue weighted by Crippen LogP contribution is 2.28. The molecule has 3 heteroatoms. The fourth-order valence-corrected chi connectivity index (χ4v) is 2.44. The van der Waals surface area contributed by atoms with Gasteiger partial charge in [-0.1, -0.05) is 11.6 Å². The summed E-state index contributed by atoms with van der Waals surface area (Å²) in [5, 5.41) is 2.01. The Balaban J connectivity index is 2.75. The first-order chi connectivity index (χ1) is 7.13. The van der Waals surface area contributed by atoms with Crippen LogP contribution in [0, 0.1) is 13.8 Å². The number of halogens is 1. The SMILES string of the molecule is Cc1cc(Cl)c2c(c1)cc(C)n2CCN. The van der Waals surface area contributed by atoms with Crippen LogP contribution in [0.4, 0.5) is 0 Å². The molecule has 2 aromatic rings. The smallest absolute Gasteiger partial charge is 0.0672 e. The molecule has 0 fully saturated rings. The summed E-state index contributed by atoms with van der Waals surface area (Å²) >= 11 is 6.25. The molecule has 80 valence electrons. The molecule has 2 N–H and O–H groups in total. The van der Waals surface area contributed by atoms with Gasteiger partial charge in [-0.3, -0.25) is 0 Å². The zero-order chi connectivity index (χ0) is 11.0. The minimum atomic E-state index is 0.634. The van der Waals surface area contributed by atoms with Crippen LogP contribution in [0.2, 0.25) is 5.02 Å². The van der Waals surface area contributed by atoms with E-state index in [0.717, 1.165) is 17.1 Å². The van der Waals surface area contributed by atoms with Gasteiger partial charge in [0, 0.05) is 24.2 Å². The Bertz CT molecular complexity index is 500. The molecule has 15 heavy (non-hydrogen) atoms. The van der Waals surface area contributed by atoms with Crippen molar-refractivity contribution in [3.05, 3.63) is 34.5 Å². The van der Waals surface area contributed by atoms with Gasteiger partial charge in [0.2, 0.25) is 0 Å². The van der Waals surface area contributed by atoms with Crippen molar-refractivity contribution in [1.29, 1.82) is 0 Å². The lowest BCUT2D eigenvalue weighted by molar-refractivity contribution is 0.715. The van der Waals surface area contributed by atoms with Crippen LogP contribution >= 0.6 is 11.6 Å². The molecule has 1 aromatic carbocycles. The van der Waals surface area contributed by atoms with E-state index >= 15 is 0 Å². The second kappa shape index (κ2) is 3.87. The lowest BCUT2D eigenvalue weighted by Crippen LogP contribution is -2.10. The van der Waals surface area contributed by atoms with E-state index in [1.54, 1.807) is 0 Å². The van der Waals surface area contributed by atoms with Gasteiger partial charge in [0.25, 0.3) is 0 Å². The quantitative estimate of drug-likeness (QED) is 0.833. The molecule has 1 aromatic heterocycles. The number of aromatic nitrogens is 1. The van der Waals surface area contributed by atoms with Crippen molar-refractivity contribution in [2.45, 2.75) is 20.4 Å². The molecular formula is C12H15ClN2. The largest absolute Gasteiger partial charge is 0.342 e. The molecule has 0 aliphatic heterocycles. The predicted molar refractivity (Wildman–Crippen MR) is 65.5 cm³/mol. The fourth-order valence-electron chi connectivity index (χ4n) is 2.05. The van der Waals surface area contributed by atoms with Crippen LogP contribution < -0.4 is 5.73 Å². The average Bonchev–Trinajstić information content (AvgIpc) is 2.43. The molecule has 0 aliphatic rings. The molecule has 1 heterocycles.